The number of aryl methyl sites for hydroxylation is 1. The third-order valence-electron chi connectivity index (χ3n) is 4.95. The molecule has 1 atom stereocenters. The highest BCUT2D eigenvalue weighted by molar-refractivity contribution is 6.01. The van der Waals surface area contributed by atoms with E-state index >= 15 is 0 Å². The molecule has 10 heteroatoms. The van der Waals surface area contributed by atoms with Gasteiger partial charge in [-0.2, -0.15) is 18.2 Å². The molecule has 0 radical (unpaired) electrons. The molecule has 0 bridgehead atoms. The highest BCUT2D eigenvalue weighted by Crippen LogP contribution is 2.45. The standard InChI is InChI=1S/C17H12F3N5O2/c1-8-22-15(27-23-8)13-14-11-5-6-24(11)16(26)12-9(17(18,19)20)3-2-4-10(12)25(14)7-21-13/h2-4,7,11H,5-6H2,1H3/t11-/m0/s1. The number of nitrogens with zero attached hydrogens (tertiary/aromatic N) is 5. The summed E-state index contributed by atoms with van der Waals surface area (Å²) in [6.45, 7) is 2.04. The minimum atomic E-state index is -4.64. The fourth-order valence-electron chi connectivity index (χ4n) is 3.69. The van der Waals surface area contributed by atoms with Gasteiger partial charge in [0.15, 0.2) is 11.5 Å². The van der Waals surface area contributed by atoms with Crippen LogP contribution in [-0.2, 0) is 6.18 Å². The molecule has 138 valence electrons. The summed E-state index contributed by atoms with van der Waals surface area (Å²) in [5.41, 5.74) is -0.208. The fourth-order valence-corrected chi connectivity index (χ4v) is 3.69. The highest BCUT2D eigenvalue weighted by Gasteiger charge is 2.46. The van der Waals surface area contributed by atoms with Crippen molar-refractivity contribution in [2.24, 2.45) is 0 Å². The van der Waals surface area contributed by atoms with E-state index < -0.39 is 23.7 Å². The molecule has 1 saturated heterocycles. The van der Waals surface area contributed by atoms with Gasteiger partial charge in [0.2, 0.25) is 0 Å². The van der Waals surface area contributed by atoms with Gasteiger partial charge in [-0.15, -0.1) is 0 Å². The zero-order valence-corrected chi connectivity index (χ0v) is 14.0. The molecular weight excluding hydrogens is 363 g/mol. The lowest BCUT2D eigenvalue weighted by Crippen LogP contribution is -2.45. The van der Waals surface area contributed by atoms with Gasteiger partial charge in [-0.3, -0.25) is 9.36 Å². The van der Waals surface area contributed by atoms with Crippen molar-refractivity contribution in [1.29, 1.82) is 0 Å². The Morgan fingerprint density at radius 3 is 2.74 bits per heavy atom. The monoisotopic (exact) mass is 375 g/mol. The number of carbonyl (C=O) groups is 1. The molecule has 2 aliphatic heterocycles. The minimum absolute atomic E-state index is 0.147. The van der Waals surface area contributed by atoms with E-state index in [9.17, 15) is 18.0 Å². The van der Waals surface area contributed by atoms with E-state index in [1.807, 2.05) is 0 Å². The van der Waals surface area contributed by atoms with Gasteiger partial charge in [0.05, 0.1) is 28.6 Å². The number of fused-ring (bicyclic) bond motifs is 5. The third-order valence-corrected chi connectivity index (χ3v) is 4.95. The van der Waals surface area contributed by atoms with Crippen molar-refractivity contribution in [3.8, 4) is 17.3 Å². The first-order valence-electron chi connectivity index (χ1n) is 8.25. The van der Waals surface area contributed by atoms with E-state index in [2.05, 4.69) is 15.1 Å². The number of amides is 1. The Balaban J connectivity index is 1.80. The summed E-state index contributed by atoms with van der Waals surface area (Å²) in [4.78, 5) is 22.8. The average Bonchev–Trinajstić information content (AvgIpc) is 3.17. The lowest BCUT2D eigenvalue weighted by atomic mass is 9.96. The molecule has 1 amide bonds. The number of aromatic nitrogens is 4. The Morgan fingerprint density at radius 2 is 2.11 bits per heavy atom. The number of imidazole rings is 1. The highest BCUT2D eigenvalue weighted by atomic mass is 19.4. The number of alkyl halides is 3. The van der Waals surface area contributed by atoms with Crippen LogP contribution in [0.4, 0.5) is 13.2 Å². The summed E-state index contributed by atoms with van der Waals surface area (Å²) < 4.78 is 47.4. The summed E-state index contributed by atoms with van der Waals surface area (Å²) in [6.07, 6.45) is -2.62. The van der Waals surface area contributed by atoms with Gasteiger partial charge >= 0.3 is 6.18 Å². The van der Waals surface area contributed by atoms with Crippen LogP contribution in [0.1, 0.15) is 39.9 Å². The van der Waals surface area contributed by atoms with Gasteiger partial charge < -0.3 is 9.42 Å². The van der Waals surface area contributed by atoms with E-state index in [0.717, 1.165) is 6.07 Å². The molecule has 2 aliphatic rings. The van der Waals surface area contributed by atoms with Crippen molar-refractivity contribution in [3.63, 3.8) is 0 Å². The molecule has 0 saturated carbocycles. The van der Waals surface area contributed by atoms with Crippen molar-refractivity contribution in [2.75, 3.05) is 6.54 Å². The molecule has 2 aromatic heterocycles. The fraction of sp³-hybridized carbons (Fsp3) is 0.294. The van der Waals surface area contributed by atoms with E-state index in [0.29, 0.717) is 30.2 Å². The topological polar surface area (TPSA) is 77.0 Å². The Morgan fingerprint density at radius 1 is 1.30 bits per heavy atom. The van der Waals surface area contributed by atoms with E-state index in [4.69, 9.17) is 4.52 Å². The maximum absolute atomic E-state index is 13.5. The number of carbonyl (C=O) groups excluding carboxylic acids is 1. The van der Waals surface area contributed by atoms with Crippen molar-refractivity contribution in [2.45, 2.75) is 25.6 Å². The molecule has 3 aromatic rings. The van der Waals surface area contributed by atoms with Crippen molar-refractivity contribution >= 4 is 5.91 Å². The predicted octanol–water partition coefficient (Wildman–Crippen LogP) is 3.15. The normalized spacial score (nSPS) is 18.4. The Labute approximate surface area is 150 Å². The average molecular weight is 375 g/mol. The molecular formula is C17H12F3N5O2. The Bertz CT molecular complexity index is 1080. The summed E-state index contributed by atoms with van der Waals surface area (Å²) in [6, 6.07) is 3.31. The van der Waals surface area contributed by atoms with Gasteiger partial charge in [0, 0.05) is 6.54 Å². The van der Waals surface area contributed by atoms with Gasteiger partial charge in [0.1, 0.15) is 6.33 Å². The van der Waals surface area contributed by atoms with Crippen LogP contribution in [0.5, 0.6) is 0 Å². The zero-order valence-electron chi connectivity index (χ0n) is 14.0. The van der Waals surface area contributed by atoms with Crippen molar-refractivity contribution < 1.29 is 22.5 Å². The van der Waals surface area contributed by atoms with Crippen LogP contribution in [0, 0.1) is 6.92 Å². The third kappa shape index (κ3) is 2.15. The molecule has 0 unspecified atom stereocenters. The van der Waals surface area contributed by atoms with E-state index in [-0.39, 0.29) is 17.1 Å². The lowest BCUT2D eigenvalue weighted by Gasteiger charge is -2.40. The van der Waals surface area contributed by atoms with Gasteiger partial charge in [-0.1, -0.05) is 11.2 Å². The largest absolute Gasteiger partial charge is 0.417 e. The number of benzene rings is 1. The van der Waals surface area contributed by atoms with E-state index in [1.54, 1.807) is 6.92 Å². The summed E-state index contributed by atoms with van der Waals surface area (Å²) in [5, 5.41) is 3.75. The Hall–Kier alpha value is -3.17. The first-order chi connectivity index (χ1) is 12.9. The first kappa shape index (κ1) is 16.0. The smallest absolute Gasteiger partial charge is 0.332 e. The van der Waals surface area contributed by atoms with Crippen molar-refractivity contribution in [1.82, 2.24) is 24.6 Å². The maximum Gasteiger partial charge on any atom is 0.417 e. The molecule has 4 heterocycles. The number of rotatable bonds is 1. The van der Waals surface area contributed by atoms with Crippen LogP contribution in [0.25, 0.3) is 17.3 Å². The molecule has 1 fully saturated rings. The van der Waals surface area contributed by atoms with Gasteiger partial charge in [-0.25, -0.2) is 4.98 Å². The molecule has 7 nitrogen and oxygen atoms in total. The second-order valence-corrected chi connectivity index (χ2v) is 6.50. The predicted molar refractivity (Wildman–Crippen MR) is 85.0 cm³/mol. The van der Waals surface area contributed by atoms with Crippen LogP contribution in [-0.4, -0.2) is 37.0 Å². The first-order valence-corrected chi connectivity index (χ1v) is 8.25. The zero-order chi connectivity index (χ0) is 18.9. The van der Waals surface area contributed by atoms with Crippen LogP contribution < -0.4 is 0 Å². The molecule has 5 rings (SSSR count). The minimum Gasteiger partial charge on any atom is -0.332 e. The maximum atomic E-state index is 13.5. The number of hydrogen-bond acceptors (Lipinski definition) is 5. The molecule has 0 spiro atoms. The molecule has 0 N–H and O–H groups in total. The van der Waals surface area contributed by atoms with Crippen LogP contribution in [0.3, 0.4) is 0 Å². The second kappa shape index (κ2) is 5.18. The van der Waals surface area contributed by atoms with Gasteiger partial charge in [-0.05, 0) is 25.5 Å². The number of hydrogen-bond donors (Lipinski definition) is 0. The molecule has 27 heavy (non-hydrogen) atoms. The SMILES string of the molecule is Cc1noc(-c2ncn3c2[C@@H]2CCN2C(=O)c2c-3cccc2C(F)(F)F)n1. The van der Waals surface area contributed by atoms with Gasteiger partial charge in [0.25, 0.3) is 11.8 Å². The quantitative estimate of drug-likeness (QED) is 0.653. The van der Waals surface area contributed by atoms with Crippen LogP contribution in [0.2, 0.25) is 0 Å². The van der Waals surface area contributed by atoms with Crippen LogP contribution >= 0.6 is 0 Å². The summed E-state index contributed by atoms with van der Waals surface area (Å²) in [7, 11) is 0. The summed E-state index contributed by atoms with van der Waals surface area (Å²) >= 11 is 0. The second-order valence-electron chi connectivity index (χ2n) is 6.50. The number of halogens is 3. The Kier molecular flexibility index (Phi) is 3.08. The van der Waals surface area contributed by atoms with E-state index in [1.165, 1.54) is 27.9 Å². The van der Waals surface area contributed by atoms with Crippen LogP contribution in [0.15, 0.2) is 29.0 Å². The summed E-state index contributed by atoms with van der Waals surface area (Å²) in [5.74, 6) is -0.0387. The molecule has 1 aromatic carbocycles. The molecule has 0 aliphatic carbocycles. The lowest BCUT2D eigenvalue weighted by molar-refractivity contribution is -0.138. The van der Waals surface area contributed by atoms with Crippen molar-refractivity contribution in [3.05, 3.63) is 47.2 Å².